The fourth-order valence-corrected chi connectivity index (χ4v) is 4.12. The lowest BCUT2D eigenvalue weighted by Gasteiger charge is -2.31. The van der Waals surface area contributed by atoms with E-state index >= 15 is 0 Å². The predicted molar refractivity (Wildman–Crippen MR) is 99.7 cm³/mol. The Bertz CT molecular complexity index is 1020. The highest BCUT2D eigenvalue weighted by atomic mass is 16.7. The molecular weight excluding hydrogens is 342 g/mol. The Morgan fingerprint density at radius 2 is 1.81 bits per heavy atom. The Labute approximate surface area is 156 Å². The van der Waals surface area contributed by atoms with Gasteiger partial charge in [0.2, 0.25) is 6.79 Å². The summed E-state index contributed by atoms with van der Waals surface area (Å²) in [6, 6.07) is 11.5. The molecule has 1 N–H and O–H groups in total. The van der Waals surface area contributed by atoms with Crippen molar-refractivity contribution in [3.05, 3.63) is 59.9 Å². The van der Waals surface area contributed by atoms with Crippen LogP contribution < -0.4 is 14.8 Å². The Balaban J connectivity index is 1.52. The van der Waals surface area contributed by atoms with E-state index in [0.29, 0.717) is 16.6 Å². The number of benzene rings is 2. The van der Waals surface area contributed by atoms with E-state index in [4.69, 9.17) is 9.47 Å². The monoisotopic (exact) mass is 361 g/mol. The first kappa shape index (κ1) is 16.1. The first-order chi connectivity index (χ1) is 13.3. The molecule has 2 heterocycles. The molecule has 1 fully saturated rings. The molecule has 2 aliphatic rings. The van der Waals surface area contributed by atoms with Crippen molar-refractivity contribution >= 4 is 16.9 Å². The molecule has 6 heteroatoms. The molecule has 0 saturated heterocycles. The van der Waals surface area contributed by atoms with Crippen LogP contribution in [0, 0.1) is 0 Å². The quantitative estimate of drug-likeness (QED) is 0.772. The van der Waals surface area contributed by atoms with Crippen molar-refractivity contribution < 1.29 is 14.3 Å². The number of nitrogens with one attached hydrogen (secondary N) is 1. The number of fused-ring (bicyclic) bond motifs is 2. The summed E-state index contributed by atoms with van der Waals surface area (Å²) in [6.07, 6.45) is 7.19. The number of carbonyl (C=O) groups excluding carboxylic acids is 1. The maximum Gasteiger partial charge on any atom is 0.254 e. The fraction of sp³-hybridized carbons (Fsp3) is 0.286. The van der Waals surface area contributed by atoms with Crippen LogP contribution in [0.15, 0.2) is 48.8 Å². The maximum atomic E-state index is 13.2. The van der Waals surface area contributed by atoms with E-state index in [1.807, 2.05) is 30.3 Å². The van der Waals surface area contributed by atoms with Crippen molar-refractivity contribution in [2.24, 2.45) is 0 Å². The van der Waals surface area contributed by atoms with Gasteiger partial charge in [-0.1, -0.05) is 25.0 Å². The molecule has 1 aromatic heterocycles. The number of hydrogen-bond acceptors (Lipinski definition) is 5. The summed E-state index contributed by atoms with van der Waals surface area (Å²) in [5.41, 5.74) is 2.55. The maximum absolute atomic E-state index is 13.2. The van der Waals surface area contributed by atoms with Gasteiger partial charge < -0.3 is 14.8 Å². The first-order valence-corrected chi connectivity index (χ1v) is 9.18. The molecule has 1 aliphatic heterocycles. The minimum absolute atomic E-state index is 0.124. The van der Waals surface area contributed by atoms with Crippen LogP contribution in [0.5, 0.6) is 11.5 Å². The molecule has 5 rings (SSSR count). The van der Waals surface area contributed by atoms with Gasteiger partial charge in [0.05, 0.1) is 16.6 Å². The largest absolute Gasteiger partial charge is 0.454 e. The van der Waals surface area contributed by atoms with E-state index in [-0.39, 0.29) is 12.7 Å². The van der Waals surface area contributed by atoms with Gasteiger partial charge in [-0.05, 0) is 42.7 Å². The van der Waals surface area contributed by atoms with Crippen LogP contribution in [0.2, 0.25) is 0 Å². The van der Waals surface area contributed by atoms with Crippen LogP contribution in [0.4, 0.5) is 0 Å². The molecule has 0 unspecified atom stereocenters. The van der Waals surface area contributed by atoms with E-state index in [1.54, 1.807) is 18.5 Å². The number of amides is 1. The van der Waals surface area contributed by atoms with Crippen molar-refractivity contribution in [1.29, 1.82) is 0 Å². The lowest BCUT2D eigenvalue weighted by molar-refractivity contribution is 0.0899. The van der Waals surface area contributed by atoms with Gasteiger partial charge in [-0.25, -0.2) is 0 Å². The Kier molecular flexibility index (Phi) is 3.70. The zero-order chi connectivity index (χ0) is 18.3. The van der Waals surface area contributed by atoms with Crippen LogP contribution in [0.1, 0.15) is 41.6 Å². The molecule has 1 saturated carbocycles. The van der Waals surface area contributed by atoms with Gasteiger partial charge in [-0.2, -0.15) is 0 Å². The molecule has 27 heavy (non-hydrogen) atoms. The summed E-state index contributed by atoms with van der Waals surface area (Å²) in [6.45, 7) is 0.243. The third-order valence-corrected chi connectivity index (χ3v) is 5.48. The van der Waals surface area contributed by atoms with Crippen LogP contribution in [0.3, 0.4) is 0 Å². The lowest BCUT2D eigenvalue weighted by Crippen LogP contribution is -2.43. The van der Waals surface area contributed by atoms with Crippen LogP contribution in [0.25, 0.3) is 11.0 Å². The number of rotatable bonds is 3. The third-order valence-electron chi connectivity index (χ3n) is 5.48. The second-order valence-electron chi connectivity index (χ2n) is 7.04. The van der Waals surface area contributed by atoms with Gasteiger partial charge in [0.1, 0.15) is 5.52 Å². The average molecular weight is 361 g/mol. The molecular formula is C21H19N3O3. The van der Waals surface area contributed by atoms with Crippen molar-refractivity contribution in [2.75, 3.05) is 6.79 Å². The van der Waals surface area contributed by atoms with E-state index in [2.05, 4.69) is 15.3 Å². The molecule has 0 radical (unpaired) electrons. The molecule has 0 atom stereocenters. The number of para-hydroxylation sites is 1. The number of hydrogen-bond donors (Lipinski definition) is 1. The summed E-state index contributed by atoms with van der Waals surface area (Å²) in [4.78, 5) is 21.8. The third kappa shape index (κ3) is 2.68. The molecule has 1 aliphatic carbocycles. The van der Waals surface area contributed by atoms with Gasteiger partial charge in [0, 0.05) is 12.4 Å². The zero-order valence-corrected chi connectivity index (χ0v) is 14.8. The number of carbonyl (C=O) groups is 1. The van der Waals surface area contributed by atoms with E-state index in [0.717, 1.165) is 42.7 Å². The van der Waals surface area contributed by atoms with Crippen molar-refractivity contribution in [3.8, 4) is 11.5 Å². The second kappa shape index (κ2) is 6.23. The smallest absolute Gasteiger partial charge is 0.254 e. The predicted octanol–water partition coefficient (Wildman–Crippen LogP) is 3.56. The summed E-state index contributed by atoms with van der Waals surface area (Å²) < 4.78 is 11.0. The first-order valence-electron chi connectivity index (χ1n) is 9.18. The molecule has 2 aromatic carbocycles. The molecule has 0 bridgehead atoms. The highest BCUT2D eigenvalue weighted by Gasteiger charge is 2.38. The van der Waals surface area contributed by atoms with Crippen molar-refractivity contribution in [1.82, 2.24) is 15.3 Å². The fourth-order valence-electron chi connectivity index (χ4n) is 4.12. The zero-order valence-electron chi connectivity index (χ0n) is 14.8. The minimum Gasteiger partial charge on any atom is -0.454 e. The Morgan fingerprint density at radius 3 is 2.70 bits per heavy atom. The van der Waals surface area contributed by atoms with E-state index in [9.17, 15) is 4.79 Å². The summed E-state index contributed by atoms with van der Waals surface area (Å²) >= 11 is 0. The van der Waals surface area contributed by atoms with E-state index < -0.39 is 5.54 Å². The SMILES string of the molecule is O=C(NC1(c2ccc3c(c2)OCO3)CCCC1)c1cccc2nccnc12. The molecule has 1 amide bonds. The minimum atomic E-state index is -0.400. The van der Waals surface area contributed by atoms with Gasteiger partial charge in [-0.3, -0.25) is 14.8 Å². The van der Waals surface area contributed by atoms with Crippen LogP contribution >= 0.6 is 0 Å². The van der Waals surface area contributed by atoms with Crippen LogP contribution in [-0.4, -0.2) is 22.7 Å². The molecule has 6 nitrogen and oxygen atoms in total. The molecule has 0 spiro atoms. The van der Waals surface area contributed by atoms with Gasteiger partial charge in [0.15, 0.2) is 11.5 Å². The van der Waals surface area contributed by atoms with Crippen molar-refractivity contribution in [2.45, 2.75) is 31.2 Å². The number of ether oxygens (including phenoxy) is 2. The summed E-state index contributed by atoms with van der Waals surface area (Å²) in [5, 5.41) is 3.31. The number of nitrogens with zero attached hydrogens (tertiary/aromatic N) is 2. The highest BCUT2D eigenvalue weighted by Crippen LogP contribution is 2.43. The average Bonchev–Trinajstić information content (AvgIpc) is 3.37. The molecule has 3 aromatic rings. The van der Waals surface area contributed by atoms with Gasteiger partial charge in [0.25, 0.3) is 5.91 Å². The van der Waals surface area contributed by atoms with Crippen molar-refractivity contribution in [3.63, 3.8) is 0 Å². The lowest BCUT2D eigenvalue weighted by atomic mass is 9.87. The highest BCUT2D eigenvalue weighted by molar-refractivity contribution is 6.04. The number of aromatic nitrogens is 2. The summed E-state index contributed by atoms with van der Waals surface area (Å²) in [7, 11) is 0. The van der Waals surface area contributed by atoms with Gasteiger partial charge >= 0.3 is 0 Å². The van der Waals surface area contributed by atoms with Crippen LogP contribution in [-0.2, 0) is 5.54 Å². The molecule has 136 valence electrons. The normalized spacial score (nSPS) is 17.2. The standard InChI is InChI=1S/C21H19N3O3/c25-20(15-4-3-5-16-19(15)23-11-10-22-16)24-21(8-1-2-9-21)14-6-7-17-18(12-14)27-13-26-17/h3-7,10-12H,1-2,8-9,13H2,(H,24,25). The van der Waals surface area contributed by atoms with E-state index in [1.165, 1.54) is 0 Å². The van der Waals surface area contributed by atoms with Gasteiger partial charge in [-0.15, -0.1) is 0 Å². The topological polar surface area (TPSA) is 73.3 Å². The Morgan fingerprint density at radius 1 is 1.00 bits per heavy atom. The summed E-state index contributed by atoms with van der Waals surface area (Å²) in [5.74, 6) is 1.37. The second-order valence-corrected chi connectivity index (χ2v) is 7.04. The Hall–Kier alpha value is -3.15.